The quantitative estimate of drug-likeness (QED) is 0.666. The van der Waals surface area contributed by atoms with Gasteiger partial charge in [0.25, 0.3) is 0 Å². The van der Waals surface area contributed by atoms with E-state index >= 15 is 0 Å². The fourth-order valence-corrected chi connectivity index (χ4v) is 2.02. The summed E-state index contributed by atoms with van der Waals surface area (Å²) in [4.78, 5) is 11.6. The lowest BCUT2D eigenvalue weighted by Crippen LogP contribution is -2.41. The van der Waals surface area contributed by atoms with Crippen LogP contribution in [0.1, 0.15) is 12.6 Å². The van der Waals surface area contributed by atoms with E-state index in [2.05, 4.69) is 15.5 Å². The summed E-state index contributed by atoms with van der Waals surface area (Å²) in [5.41, 5.74) is 0.786. The van der Waals surface area contributed by atoms with Crippen LogP contribution in [-0.2, 0) is 11.2 Å². The molecule has 6 heteroatoms. The molecule has 0 aliphatic rings. The second-order valence-corrected chi connectivity index (χ2v) is 4.65. The Balaban J connectivity index is 2.39. The molecule has 0 aliphatic heterocycles. The number of aliphatic hydroxyl groups excluding tert-OH is 1. The van der Waals surface area contributed by atoms with E-state index in [4.69, 9.17) is 5.11 Å². The summed E-state index contributed by atoms with van der Waals surface area (Å²) in [5, 5.41) is 18.5. The Morgan fingerprint density at radius 3 is 3.00 bits per heavy atom. The number of H-pyrrole nitrogens is 1. The van der Waals surface area contributed by atoms with Crippen molar-refractivity contribution in [1.29, 1.82) is 0 Å². The van der Waals surface area contributed by atoms with Crippen LogP contribution in [0.3, 0.4) is 0 Å². The van der Waals surface area contributed by atoms with E-state index in [-0.39, 0.29) is 30.2 Å². The van der Waals surface area contributed by atoms with E-state index in [0.717, 1.165) is 5.69 Å². The summed E-state index contributed by atoms with van der Waals surface area (Å²) in [5.74, 6) is -0.0655. The lowest BCUT2D eigenvalue weighted by Gasteiger charge is -2.21. The molecule has 1 heterocycles. The standard InChI is InChI=1S/C10H17N3O2S/c1-7(9(6-14)16-2)12-10(15)5-8-3-4-11-13-8/h3-4,7,9,14H,5-6H2,1-2H3,(H,11,13)(H,12,15). The molecule has 1 aromatic rings. The number of rotatable bonds is 6. The number of thioether (sulfide) groups is 1. The molecule has 0 aliphatic carbocycles. The molecule has 3 N–H and O–H groups in total. The number of carbonyl (C=O) groups is 1. The molecule has 2 unspecified atom stereocenters. The number of carbonyl (C=O) groups excluding carboxylic acids is 1. The Morgan fingerprint density at radius 2 is 2.50 bits per heavy atom. The second kappa shape index (κ2) is 6.55. The molecule has 0 fully saturated rings. The van der Waals surface area contributed by atoms with Gasteiger partial charge in [0.15, 0.2) is 0 Å². The van der Waals surface area contributed by atoms with Gasteiger partial charge >= 0.3 is 0 Å². The van der Waals surface area contributed by atoms with E-state index in [1.54, 1.807) is 24.0 Å². The molecule has 0 radical (unpaired) electrons. The third kappa shape index (κ3) is 3.86. The second-order valence-electron chi connectivity index (χ2n) is 3.57. The Hall–Kier alpha value is -1.01. The molecule has 16 heavy (non-hydrogen) atoms. The molecule has 0 aromatic carbocycles. The first-order chi connectivity index (χ1) is 7.67. The molecule has 1 aromatic heterocycles. The average Bonchev–Trinajstić information content (AvgIpc) is 2.71. The fourth-order valence-electron chi connectivity index (χ4n) is 1.39. The zero-order valence-electron chi connectivity index (χ0n) is 9.43. The minimum atomic E-state index is -0.0655. The normalized spacial score (nSPS) is 14.4. The van der Waals surface area contributed by atoms with Crippen molar-refractivity contribution in [2.24, 2.45) is 0 Å². The van der Waals surface area contributed by atoms with Crippen LogP contribution < -0.4 is 5.32 Å². The van der Waals surface area contributed by atoms with Gasteiger partial charge in [-0.25, -0.2) is 0 Å². The molecule has 1 rings (SSSR count). The third-order valence-electron chi connectivity index (χ3n) is 2.34. The Labute approximate surface area is 99.0 Å². The van der Waals surface area contributed by atoms with Gasteiger partial charge in [-0.05, 0) is 19.2 Å². The molecule has 90 valence electrons. The maximum atomic E-state index is 11.6. The number of nitrogens with zero attached hydrogens (tertiary/aromatic N) is 1. The summed E-state index contributed by atoms with van der Waals surface area (Å²) in [6, 6.07) is 1.72. The van der Waals surface area contributed by atoms with Gasteiger partial charge in [0.2, 0.25) is 5.91 Å². The zero-order valence-corrected chi connectivity index (χ0v) is 10.3. The Bertz CT molecular complexity index is 312. The van der Waals surface area contributed by atoms with Crippen LogP contribution in [0.4, 0.5) is 0 Å². The SMILES string of the molecule is CSC(CO)C(C)NC(=O)Cc1ccn[nH]1. The summed E-state index contributed by atoms with van der Waals surface area (Å²) in [6.07, 6.45) is 3.82. The molecule has 0 spiro atoms. The highest BCUT2D eigenvalue weighted by atomic mass is 32.2. The van der Waals surface area contributed by atoms with Crippen LogP contribution in [0.15, 0.2) is 12.3 Å². The van der Waals surface area contributed by atoms with Gasteiger partial charge in [0.05, 0.1) is 13.0 Å². The van der Waals surface area contributed by atoms with Crippen molar-refractivity contribution in [2.45, 2.75) is 24.6 Å². The van der Waals surface area contributed by atoms with Crippen LogP contribution in [0.2, 0.25) is 0 Å². The minimum Gasteiger partial charge on any atom is -0.395 e. The van der Waals surface area contributed by atoms with E-state index in [1.165, 1.54) is 0 Å². The summed E-state index contributed by atoms with van der Waals surface area (Å²) >= 11 is 1.54. The largest absolute Gasteiger partial charge is 0.395 e. The highest BCUT2D eigenvalue weighted by Gasteiger charge is 2.17. The molecule has 0 bridgehead atoms. The van der Waals surface area contributed by atoms with Gasteiger partial charge in [-0.3, -0.25) is 9.89 Å². The first-order valence-electron chi connectivity index (χ1n) is 5.08. The maximum absolute atomic E-state index is 11.6. The molecule has 5 nitrogen and oxygen atoms in total. The fraction of sp³-hybridized carbons (Fsp3) is 0.600. The highest BCUT2D eigenvalue weighted by Crippen LogP contribution is 2.10. The third-order valence-corrected chi connectivity index (χ3v) is 3.50. The van der Waals surface area contributed by atoms with Crippen LogP contribution >= 0.6 is 11.8 Å². The number of hydrogen-bond acceptors (Lipinski definition) is 4. The summed E-state index contributed by atoms with van der Waals surface area (Å²) in [7, 11) is 0. The zero-order chi connectivity index (χ0) is 12.0. The van der Waals surface area contributed by atoms with Gasteiger partial charge in [-0.1, -0.05) is 0 Å². The first-order valence-corrected chi connectivity index (χ1v) is 6.37. The molecular formula is C10H17N3O2S. The highest BCUT2D eigenvalue weighted by molar-refractivity contribution is 7.99. The summed E-state index contributed by atoms with van der Waals surface area (Å²) in [6.45, 7) is 1.95. The number of aromatic amines is 1. The number of nitrogens with one attached hydrogen (secondary N) is 2. The molecule has 0 saturated heterocycles. The van der Waals surface area contributed by atoms with E-state index < -0.39 is 0 Å². The summed E-state index contributed by atoms with van der Waals surface area (Å²) < 4.78 is 0. The number of hydrogen-bond donors (Lipinski definition) is 3. The average molecular weight is 243 g/mol. The Morgan fingerprint density at radius 1 is 1.75 bits per heavy atom. The van der Waals surface area contributed by atoms with Crippen molar-refractivity contribution < 1.29 is 9.90 Å². The van der Waals surface area contributed by atoms with Crippen molar-refractivity contribution in [2.75, 3.05) is 12.9 Å². The van der Waals surface area contributed by atoms with Crippen LogP contribution in [0.25, 0.3) is 0 Å². The Kier molecular flexibility index (Phi) is 5.34. The molecule has 0 saturated carbocycles. The predicted molar refractivity (Wildman–Crippen MR) is 64.3 cm³/mol. The van der Waals surface area contributed by atoms with Crippen molar-refractivity contribution in [3.8, 4) is 0 Å². The number of aromatic nitrogens is 2. The van der Waals surface area contributed by atoms with Crippen molar-refractivity contribution >= 4 is 17.7 Å². The van der Waals surface area contributed by atoms with E-state index in [0.29, 0.717) is 0 Å². The number of aliphatic hydroxyl groups is 1. The maximum Gasteiger partial charge on any atom is 0.226 e. The van der Waals surface area contributed by atoms with Gasteiger partial charge in [-0.15, -0.1) is 0 Å². The van der Waals surface area contributed by atoms with Gasteiger partial charge < -0.3 is 10.4 Å². The van der Waals surface area contributed by atoms with Crippen LogP contribution in [-0.4, -0.2) is 45.4 Å². The molecule has 2 atom stereocenters. The van der Waals surface area contributed by atoms with Gasteiger partial charge in [-0.2, -0.15) is 16.9 Å². The van der Waals surface area contributed by atoms with Crippen LogP contribution in [0, 0.1) is 0 Å². The molecular weight excluding hydrogens is 226 g/mol. The first kappa shape index (κ1) is 13.1. The minimum absolute atomic E-state index is 0.0331. The number of amides is 1. The van der Waals surface area contributed by atoms with Crippen LogP contribution in [0.5, 0.6) is 0 Å². The van der Waals surface area contributed by atoms with E-state index in [9.17, 15) is 4.79 Å². The monoisotopic (exact) mass is 243 g/mol. The lowest BCUT2D eigenvalue weighted by molar-refractivity contribution is -0.121. The lowest BCUT2D eigenvalue weighted by atomic mass is 10.2. The van der Waals surface area contributed by atoms with Crippen molar-refractivity contribution in [3.05, 3.63) is 18.0 Å². The van der Waals surface area contributed by atoms with Gasteiger partial charge in [0, 0.05) is 23.2 Å². The van der Waals surface area contributed by atoms with E-state index in [1.807, 2.05) is 13.2 Å². The smallest absolute Gasteiger partial charge is 0.226 e. The van der Waals surface area contributed by atoms with Crippen molar-refractivity contribution in [1.82, 2.24) is 15.5 Å². The predicted octanol–water partition coefficient (Wildman–Crippen LogP) is 0.181. The van der Waals surface area contributed by atoms with Gasteiger partial charge in [0.1, 0.15) is 0 Å². The topological polar surface area (TPSA) is 78.0 Å². The van der Waals surface area contributed by atoms with Crippen molar-refractivity contribution in [3.63, 3.8) is 0 Å². The molecule has 1 amide bonds.